The van der Waals surface area contributed by atoms with Crippen molar-refractivity contribution >= 4 is 44.4 Å². The number of imidazole rings is 1. The molecule has 1 atom stereocenters. The van der Waals surface area contributed by atoms with E-state index in [1.807, 2.05) is 67.0 Å². The van der Waals surface area contributed by atoms with Crippen LogP contribution in [0.2, 0.25) is 0 Å². The van der Waals surface area contributed by atoms with Gasteiger partial charge in [0.1, 0.15) is 33.8 Å². The second-order valence-electron chi connectivity index (χ2n) is 10.5. The maximum absolute atomic E-state index is 12.9. The smallest absolute Gasteiger partial charge is 0.253 e. The molecule has 0 unspecified atom stereocenters. The minimum Gasteiger partial charge on any atom is -0.497 e. The Balaban J connectivity index is 1.08. The summed E-state index contributed by atoms with van der Waals surface area (Å²) in [6.07, 6.45) is 3.00. The third-order valence-corrected chi connectivity index (χ3v) is 9.38. The lowest BCUT2D eigenvalue weighted by molar-refractivity contribution is 0.0474. The van der Waals surface area contributed by atoms with Gasteiger partial charge in [-0.2, -0.15) is 5.10 Å². The standard InChI is InChI=1S/C31H28N6O4S2/c1-18-5-10-27-33-25(15-37(27)35-18)30-34-24-12-23(40-2)13-26(28(24)43-30)41-16-21-17-42-29(32-21)19-6-8-20(9-7-19)31(39)36-11-3-4-22(38)14-36/h5-10,12-13,15,17,22,38H,3-4,11,14,16H2,1-2H3/t22-/m0/s1. The zero-order valence-corrected chi connectivity index (χ0v) is 25.2. The van der Waals surface area contributed by atoms with E-state index in [2.05, 4.69) is 5.10 Å². The van der Waals surface area contributed by atoms with E-state index in [1.165, 1.54) is 22.7 Å². The first-order valence-electron chi connectivity index (χ1n) is 13.9. The van der Waals surface area contributed by atoms with Gasteiger partial charge in [0.2, 0.25) is 0 Å². The number of hydrogen-bond acceptors (Lipinski definition) is 10. The van der Waals surface area contributed by atoms with Gasteiger partial charge in [-0.15, -0.1) is 22.7 Å². The van der Waals surface area contributed by atoms with E-state index in [0.29, 0.717) is 30.2 Å². The van der Waals surface area contributed by atoms with Crippen molar-refractivity contribution in [2.75, 3.05) is 20.2 Å². The van der Waals surface area contributed by atoms with Gasteiger partial charge in [0.25, 0.3) is 5.91 Å². The molecule has 2 aromatic carbocycles. The number of fused-ring (bicyclic) bond motifs is 2. The van der Waals surface area contributed by atoms with Gasteiger partial charge in [0.15, 0.2) is 5.65 Å². The van der Waals surface area contributed by atoms with Crippen molar-refractivity contribution in [3.63, 3.8) is 0 Å². The molecular weight excluding hydrogens is 585 g/mol. The van der Waals surface area contributed by atoms with E-state index in [9.17, 15) is 9.90 Å². The van der Waals surface area contributed by atoms with Crippen LogP contribution in [0.15, 0.2) is 60.1 Å². The number of hydrogen-bond donors (Lipinski definition) is 1. The Morgan fingerprint density at radius 2 is 1.95 bits per heavy atom. The molecule has 43 heavy (non-hydrogen) atoms. The molecular formula is C31H28N6O4S2. The number of aliphatic hydroxyl groups is 1. The molecule has 1 amide bonds. The van der Waals surface area contributed by atoms with Gasteiger partial charge < -0.3 is 19.5 Å². The van der Waals surface area contributed by atoms with Crippen LogP contribution in [0.1, 0.15) is 34.6 Å². The molecule has 218 valence electrons. The number of likely N-dealkylation sites (tertiary alicyclic amines) is 1. The fourth-order valence-corrected chi connectivity index (χ4v) is 6.91. The van der Waals surface area contributed by atoms with E-state index in [0.717, 1.165) is 61.4 Å². The van der Waals surface area contributed by atoms with Crippen molar-refractivity contribution in [3.05, 3.63) is 77.1 Å². The first kappa shape index (κ1) is 27.4. The fourth-order valence-electron chi connectivity index (χ4n) is 5.13. The third kappa shape index (κ3) is 5.56. The van der Waals surface area contributed by atoms with Gasteiger partial charge in [-0.05, 0) is 44.0 Å². The number of ether oxygens (including phenoxy) is 2. The highest BCUT2D eigenvalue weighted by molar-refractivity contribution is 7.22. The summed E-state index contributed by atoms with van der Waals surface area (Å²) in [6.45, 7) is 3.28. The average molecular weight is 613 g/mol. The summed E-state index contributed by atoms with van der Waals surface area (Å²) < 4.78 is 14.5. The second kappa shape index (κ2) is 11.4. The van der Waals surface area contributed by atoms with Crippen LogP contribution in [-0.4, -0.2) is 66.8 Å². The Bertz CT molecular complexity index is 1950. The normalized spacial score (nSPS) is 15.3. The highest BCUT2D eigenvalue weighted by atomic mass is 32.1. The van der Waals surface area contributed by atoms with Crippen LogP contribution in [-0.2, 0) is 6.61 Å². The number of thiazole rings is 2. The van der Waals surface area contributed by atoms with Crippen LogP contribution in [0.5, 0.6) is 11.5 Å². The van der Waals surface area contributed by atoms with Crippen LogP contribution in [0.3, 0.4) is 0 Å². The fraction of sp³-hybridized carbons (Fsp3) is 0.258. The first-order valence-corrected chi connectivity index (χ1v) is 15.6. The van der Waals surface area contributed by atoms with Gasteiger partial charge >= 0.3 is 0 Å². The van der Waals surface area contributed by atoms with Crippen molar-refractivity contribution in [2.24, 2.45) is 0 Å². The molecule has 5 heterocycles. The number of methoxy groups -OCH3 is 1. The summed E-state index contributed by atoms with van der Waals surface area (Å²) in [5.41, 5.74) is 5.52. The number of carbonyl (C=O) groups is 1. The average Bonchev–Trinajstić information content (AvgIpc) is 3.77. The Kier molecular flexibility index (Phi) is 7.25. The number of amides is 1. The van der Waals surface area contributed by atoms with E-state index in [1.54, 1.807) is 16.5 Å². The van der Waals surface area contributed by atoms with E-state index < -0.39 is 6.10 Å². The molecule has 1 aliphatic heterocycles. The number of aromatic nitrogens is 5. The van der Waals surface area contributed by atoms with Crippen LogP contribution >= 0.6 is 22.7 Å². The number of aryl methyl sites for hydroxylation is 1. The second-order valence-corrected chi connectivity index (χ2v) is 12.3. The highest BCUT2D eigenvalue weighted by Crippen LogP contribution is 2.39. The lowest BCUT2D eigenvalue weighted by Gasteiger charge is -2.30. The Morgan fingerprint density at radius 3 is 2.77 bits per heavy atom. The summed E-state index contributed by atoms with van der Waals surface area (Å²) in [6, 6.07) is 15.1. The summed E-state index contributed by atoms with van der Waals surface area (Å²) >= 11 is 3.03. The van der Waals surface area contributed by atoms with Crippen molar-refractivity contribution in [1.29, 1.82) is 0 Å². The molecule has 0 radical (unpaired) electrons. The quantitative estimate of drug-likeness (QED) is 0.247. The lowest BCUT2D eigenvalue weighted by atomic mass is 10.1. The highest BCUT2D eigenvalue weighted by Gasteiger charge is 2.23. The van der Waals surface area contributed by atoms with E-state index in [4.69, 9.17) is 24.4 Å². The minimum absolute atomic E-state index is 0.0534. The summed E-state index contributed by atoms with van der Waals surface area (Å²) in [7, 11) is 1.62. The molecule has 4 aromatic heterocycles. The molecule has 0 bridgehead atoms. The number of rotatable bonds is 7. The molecule has 0 saturated carbocycles. The predicted molar refractivity (Wildman–Crippen MR) is 166 cm³/mol. The first-order chi connectivity index (χ1) is 20.9. The predicted octanol–water partition coefficient (Wildman–Crippen LogP) is 5.62. The SMILES string of the molecule is COc1cc(OCc2csc(-c3ccc(C(=O)N4CCC[C@H](O)C4)cc3)n2)c2sc(-c3cn4nc(C)ccc4n3)nc2c1. The van der Waals surface area contributed by atoms with Crippen molar-refractivity contribution < 1.29 is 19.4 Å². The van der Waals surface area contributed by atoms with Crippen LogP contribution in [0.25, 0.3) is 37.1 Å². The monoisotopic (exact) mass is 612 g/mol. The number of carbonyl (C=O) groups excluding carboxylic acids is 1. The van der Waals surface area contributed by atoms with Crippen molar-refractivity contribution in [3.8, 4) is 32.8 Å². The summed E-state index contributed by atoms with van der Waals surface area (Å²) in [5.74, 6) is 1.26. The molecule has 6 aromatic rings. The van der Waals surface area contributed by atoms with Crippen molar-refractivity contribution in [2.45, 2.75) is 32.5 Å². The molecule has 1 saturated heterocycles. The molecule has 12 heteroatoms. The molecule has 1 fully saturated rings. The van der Waals surface area contributed by atoms with Gasteiger partial charge in [0, 0.05) is 41.7 Å². The Hall–Kier alpha value is -4.39. The van der Waals surface area contributed by atoms with Gasteiger partial charge in [0.05, 0.1) is 41.0 Å². The van der Waals surface area contributed by atoms with Crippen LogP contribution < -0.4 is 9.47 Å². The number of aliphatic hydroxyl groups excluding tert-OH is 1. The van der Waals surface area contributed by atoms with E-state index in [-0.39, 0.29) is 12.5 Å². The summed E-state index contributed by atoms with van der Waals surface area (Å²) in [5, 5.41) is 18.0. The lowest BCUT2D eigenvalue weighted by Crippen LogP contribution is -2.42. The molecule has 10 nitrogen and oxygen atoms in total. The zero-order valence-electron chi connectivity index (χ0n) is 23.6. The number of β-amino-alcohol motifs (C(OH)–C–C–N with tert-alkyl or cyclic N) is 1. The summed E-state index contributed by atoms with van der Waals surface area (Å²) in [4.78, 5) is 28.9. The zero-order chi connectivity index (χ0) is 29.5. The van der Waals surface area contributed by atoms with Crippen LogP contribution in [0, 0.1) is 6.92 Å². The third-order valence-electron chi connectivity index (χ3n) is 7.33. The maximum Gasteiger partial charge on any atom is 0.253 e. The Labute approximate surface area is 255 Å². The molecule has 1 aliphatic rings. The molecule has 0 spiro atoms. The Morgan fingerprint density at radius 1 is 1.09 bits per heavy atom. The minimum atomic E-state index is -0.446. The largest absolute Gasteiger partial charge is 0.497 e. The van der Waals surface area contributed by atoms with Gasteiger partial charge in [-0.1, -0.05) is 12.1 Å². The number of piperidine rings is 1. The number of nitrogens with zero attached hydrogens (tertiary/aromatic N) is 6. The van der Waals surface area contributed by atoms with E-state index >= 15 is 0 Å². The topological polar surface area (TPSA) is 115 Å². The number of benzene rings is 2. The van der Waals surface area contributed by atoms with Crippen LogP contribution in [0.4, 0.5) is 0 Å². The molecule has 0 aliphatic carbocycles. The molecule has 1 N–H and O–H groups in total. The van der Waals surface area contributed by atoms with Gasteiger partial charge in [-0.25, -0.2) is 19.5 Å². The van der Waals surface area contributed by atoms with Gasteiger partial charge in [-0.3, -0.25) is 4.79 Å². The van der Waals surface area contributed by atoms with Crippen molar-refractivity contribution in [1.82, 2.24) is 29.5 Å². The molecule has 7 rings (SSSR count). The maximum atomic E-state index is 12.9.